The molecule has 3 aromatic rings. The van der Waals surface area contributed by atoms with Gasteiger partial charge in [-0.15, -0.1) is 0 Å². The van der Waals surface area contributed by atoms with Gasteiger partial charge in [-0.25, -0.2) is 9.50 Å². The van der Waals surface area contributed by atoms with E-state index in [-0.39, 0.29) is 17.5 Å². The number of aromatic nitrogens is 3. The van der Waals surface area contributed by atoms with Gasteiger partial charge < -0.3 is 4.90 Å². The van der Waals surface area contributed by atoms with E-state index in [0.29, 0.717) is 36.6 Å². The molecule has 5 rings (SSSR count). The fourth-order valence-corrected chi connectivity index (χ4v) is 5.21. The number of rotatable bonds is 4. The highest BCUT2D eigenvalue weighted by Gasteiger charge is 2.28. The van der Waals surface area contributed by atoms with Gasteiger partial charge in [0.05, 0.1) is 29.5 Å². The third-order valence-electron chi connectivity index (χ3n) is 7.23. The van der Waals surface area contributed by atoms with Crippen LogP contribution < -0.4 is 5.56 Å². The molecule has 4 heterocycles. The largest absolute Gasteiger partial charge is 0.338 e. The summed E-state index contributed by atoms with van der Waals surface area (Å²) in [5.74, 6) is 0.531. The van der Waals surface area contributed by atoms with E-state index in [9.17, 15) is 9.59 Å². The average molecular weight is 448 g/mol. The molecule has 0 spiro atoms. The molecule has 1 N–H and O–H groups in total. The molecule has 2 aliphatic heterocycles. The van der Waals surface area contributed by atoms with Crippen LogP contribution in [-0.4, -0.2) is 43.4 Å². The molecule has 0 saturated carbocycles. The van der Waals surface area contributed by atoms with E-state index >= 15 is 0 Å². The van der Waals surface area contributed by atoms with Crippen LogP contribution in [0.2, 0.25) is 0 Å². The van der Waals surface area contributed by atoms with E-state index in [2.05, 4.69) is 48.1 Å². The quantitative estimate of drug-likeness (QED) is 0.661. The molecule has 1 atom stereocenters. The summed E-state index contributed by atoms with van der Waals surface area (Å²) in [5.41, 5.74) is 5.78. The number of aromatic amines is 1. The minimum absolute atomic E-state index is 0.00315. The lowest BCUT2D eigenvalue weighted by atomic mass is 9.97. The molecule has 0 radical (unpaired) electrons. The minimum atomic E-state index is -0.0844. The molecule has 2 aromatic heterocycles. The van der Waals surface area contributed by atoms with Crippen molar-refractivity contribution in [2.45, 2.75) is 71.5 Å². The monoisotopic (exact) mass is 447 g/mol. The molecule has 33 heavy (non-hydrogen) atoms. The molecule has 2 aliphatic rings. The van der Waals surface area contributed by atoms with Gasteiger partial charge in [-0.3, -0.25) is 19.6 Å². The lowest BCUT2D eigenvalue weighted by Crippen LogP contribution is -2.39. The summed E-state index contributed by atoms with van der Waals surface area (Å²) < 4.78 is 1.57. The topological polar surface area (TPSA) is 73.7 Å². The average Bonchev–Trinajstić information content (AvgIpc) is 3.24. The number of nitrogens with one attached hydrogen (secondary N) is 1. The molecule has 1 unspecified atom stereocenters. The number of H-pyrrole nitrogens is 1. The molecule has 1 saturated heterocycles. The molecule has 0 bridgehead atoms. The molecule has 1 amide bonds. The van der Waals surface area contributed by atoms with Crippen molar-refractivity contribution in [3.05, 3.63) is 68.8 Å². The summed E-state index contributed by atoms with van der Waals surface area (Å²) in [6, 6.07) is 11.2. The second-order valence-corrected chi connectivity index (χ2v) is 9.82. The van der Waals surface area contributed by atoms with Crippen molar-refractivity contribution in [3.63, 3.8) is 0 Å². The van der Waals surface area contributed by atoms with Crippen molar-refractivity contribution >= 4 is 11.6 Å². The van der Waals surface area contributed by atoms with Crippen LogP contribution in [0.1, 0.15) is 80.1 Å². The first-order valence-electron chi connectivity index (χ1n) is 12.1. The van der Waals surface area contributed by atoms with Gasteiger partial charge in [0.1, 0.15) is 0 Å². The molecule has 0 aliphatic carbocycles. The second kappa shape index (κ2) is 8.78. The van der Waals surface area contributed by atoms with Gasteiger partial charge in [-0.2, -0.15) is 0 Å². The summed E-state index contributed by atoms with van der Waals surface area (Å²) in [4.78, 5) is 34.1. The van der Waals surface area contributed by atoms with Gasteiger partial charge in [0.2, 0.25) is 5.91 Å². The van der Waals surface area contributed by atoms with Gasteiger partial charge in [-0.1, -0.05) is 44.5 Å². The minimum Gasteiger partial charge on any atom is -0.338 e. The van der Waals surface area contributed by atoms with E-state index < -0.39 is 0 Å². The maximum atomic E-state index is 13.2. The number of carbonyl (C=O) groups is 1. The zero-order valence-electron chi connectivity index (χ0n) is 19.8. The van der Waals surface area contributed by atoms with Crippen molar-refractivity contribution in [1.82, 2.24) is 24.4 Å². The van der Waals surface area contributed by atoms with Crippen molar-refractivity contribution < 1.29 is 4.79 Å². The third kappa shape index (κ3) is 4.22. The Morgan fingerprint density at radius 2 is 1.97 bits per heavy atom. The first kappa shape index (κ1) is 21.9. The number of hydrogen-bond donors (Lipinski definition) is 1. The third-order valence-corrected chi connectivity index (χ3v) is 7.23. The number of carbonyl (C=O) groups excluding carboxylic acids is 1. The zero-order chi connectivity index (χ0) is 23.1. The molecule has 7 nitrogen and oxygen atoms in total. The van der Waals surface area contributed by atoms with E-state index in [1.54, 1.807) is 16.3 Å². The van der Waals surface area contributed by atoms with Gasteiger partial charge in [0.15, 0.2) is 5.65 Å². The summed E-state index contributed by atoms with van der Waals surface area (Å²) in [5, 5.41) is 3.36. The Labute approximate surface area is 194 Å². The van der Waals surface area contributed by atoms with Gasteiger partial charge in [0.25, 0.3) is 5.56 Å². The Balaban J connectivity index is 1.44. The van der Waals surface area contributed by atoms with Gasteiger partial charge in [0, 0.05) is 32.5 Å². The fraction of sp³-hybridized carbons (Fsp3) is 0.500. The summed E-state index contributed by atoms with van der Waals surface area (Å²) in [6.45, 7) is 8.89. The number of nitrogens with zero attached hydrogens (tertiary/aromatic N) is 4. The van der Waals surface area contributed by atoms with E-state index in [1.165, 1.54) is 24.0 Å². The predicted molar refractivity (Wildman–Crippen MR) is 128 cm³/mol. The first-order chi connectivity index (χ1) is 15.9. The van der Waals surface area contributed by atoms with Gasteiger partial charge >= 0.3 is 0 Å². The van der Waals surface area contributed by atoms with E-state index in [1.807, 2.05) is 6.07 Å². The smallest absolute Gasteiger partial charge is 0.277 e. The molecule has 1 aromatic carbocycles. The van der Waals surface area contributed by atoms with Crippen molar-refractivity contribution in [3.8, 4) is 0 Å². The zero-order valence-corrected chi connectivity index (χ0v) is 19.8. The Bertz CT molecular complexity index is 1220. The molecular formula is C26H33N5O2. The van der Waals surface area contributed by atoms with E-state index in [4.69, 9.17) is 4.98 Å². The first-order valence-corrected chi connectivity index (χ1v) is 12.1. The number of piperidine rings is 1. The molecule has 174 valence electrons. The highest BCUT2D eigenvalue weighted by molar-refractivity contribution is 5.73. The van der Waals surface area contributed by atoms with Crippen LogP contribution in [0.25, 0.3) is 5.65 Å². The SMILES string of the molecule is CC(=O)N1CCc2nc3cc(C4CCCCN4Cc4ccc(C(C)C)cc4)[nH]n3c(=O)c2C1. The highest BCUT2D eigenvalue weighted by Crippen LogP contribution is 2.32. The van der Waals surface area contributed by atoms with Crippen LogP contribution in [0.5, 0.6) is 0 Å². The van der Waals surface area contributed by atoms with Gasteiger partial charge in [-0.05, 0) is 36.4 Å². The Morgan fingerprint density at radius 3 is 2.70 bits per heavy atom. The van der Waals surface area contributed by atoms with Crippen LogP contribution in [0.4, 0.5) is 0 Å². The Kier molecular flexibility index (Phi) is 5.83. The maximum absolute atomic E-state index is 13.2. The normalized spacial score (nSPS) is 19.3. The number of fused-ring (bicyclic) bond motifs is 2. The van der Waals surface area contributed by atoms with Crippen molar-refractivity contribution in [2.24, 2.45) is 0 Å². The van der Waals surface area contributed by atoms with Crippen LogP contribution in [0, 0.1) is 0 Å². The highest BCUT2D eigenvalue weighted by atomic mass is 16.2. The van der Waals surface area contributed by atoms with Crippen LogP contribution >= 0.6 is 0 Å². The summed E-state index contributed by atoms with van der Waals surface area (Å²) in [7, 11) is 0. The number of likely N-dealkylation sites (tertiary alicyclic amines) is 1. The summed E-state index contributed by atoms with van der Waals surface area (Å²) in [6.07, 6.45) is 4.05. The number of benzene rings is 1. The van der Waals surface area contributed by atoms with Crippen LogP contribution in [0.15, 0.2) is 35.1 Å². The fourth-order valence-electron chi connectivity index (χ4n) is 5.21. The van der Waals surface area contributed by atoms with Crippen LogP contribution in [0.3, 0.4) is 0 Å². The number of hydrogen-bond acceptors (Lipinski definition) is 4. The number of amides is 1. The lowest BCUT2D eigenvalue weighted by Gasteiger charge is -2.35. The standard InChI is InChI=1S/C26H33N5O2/c1-17(2)20-9-7-19(8-10-20)15-30-12-5-4-6-24(30)23-14-25-27-22-11-13-29(18(3)32)16-21(22)26(33)31(25)28-23/h7-10,14,17,24,28H,4-6,11-13,15-16H2,1-3H3. The second-order valence-electron chi connectivity index (χ2n) is 9.82. The Morgan fingerprint density at radius 1 is 1.18 bits per heavy atom. The Hall–Kier alpha value is -2.93. The molecule has 1 fully saturated rings. The van der Waals surface area contributed by atoms with E-state index in [0.717, 1.165) is 30.9 Å². The predicted octanol–water partition coefficient (Wildman–Crippen LogP) is 3.78. The van der Waals surface area contributed by atoms with Crippen molar-refractivity contribution in [1.29, 1.82) is 0 Å². The van der Waals surface area contributed by atoms with Crippen molar-refractivity contribution in [2.75, 3.05) is 13.1 Å². The summed E-state index contributed by atoms with van der Waals surface area (Å²) >= 11 is 0. The maximum Gasteiger partial charge on any atom is 0.277 e. The van der Waals surface area contributed by atoms with Crippen LogP contribution in [-0.2, 0) is 24.3 Å². The molecule has 7 heteroatoms. The lowest BCUT2D eigenvalue weighted by molar-refractivity contribution is -0.129. The molecular weight excluding hydrogens is 414 g/mol.